The van der Waals surface area contributed by atoms with Crippen molar-refractivity contribution >= 4 is 6.09 Å². The van der Waals surface area contributed by atoms with E-state index in [2.05, 4.69) is 5.01 Å². The first-order chi connectivity index (χ1) is 8.83. The predicted molar refractivity (Wildman–Crippen MR) is 67.6 cm³/mol. The van der Waals surface area contributed by atoms with Crippen LogP contribution in [-0.4, -0.2) is 35.7 Å². The van der Waals surface area contributed by atoms with E-state index in [0.29, 0.717) is 6.61 Å². The van der Waals surface area contributed by atoms with Crippen molar-refractivity contribution in [3.8, 4) is 0 Å². The zero-order chi connectivity index (χ0) is 12.4. The predicted octanol–water partition coefficient (Wildman–Crippen LogP) is 2.27. The molecule has 3 rings (SSSR count). The smallest absolute Gasteiger partial charge is 0.424 e. The lowest BCUT2D eigenvalue weighted by atomic mass is 10.0. The zero-order valence-corrected chi connectivity index (χ0v) is 10.4. The molecule has 2 aliphatic heterocycles. The van der Waals surface area contributed by atoms with Crippen molar-refractivity contribution < 1.29 is 9.53 Å². The molecule has 2 saturated heterocycles. The minimum Gasteiger partial charge on any atom is -0.444 e. The van der Waals surface area contributed by atoms with E-state index >= 15 is 0 Å². The van der Waals surface area contributed by atoms with Gasteiger partial charge in [0.25, 0.3) is 0 Å². The Kier molecular flexibility index (Phi) is 3.19. The van der Waals surface area contributed by atoms with Crippen LogP contribution < -0.4 is 0 Å². The maximum Gasteiger partial charge on any atom is 0.424 e. The molecule has 2 atom stereocenters. The summed E-state index contributed by atoms with van der Waals surface area (Å²) in [4.78, 5) is 12.0. The summed E-state index contributed by atoms with van der Waals surface area (Å²) in [5, 5.41) is 3.90. The summed E-state index contributed by atoms with van der Waals surface area (Å²) in [6, 6.07) is 9.80. The van der Waals surface area contributed by atoms with Gasteiger partial charge in [-0.25, -0.2) is 14.8 Å². The highest BCUT2D eigenvalue weighted by molar-refractivity contribution is 5.67. The van der Waals surface area contributed by atoms with Crippen LogP contribution in [0.5, 0.6) is 0 Å². The number of hydrazine groups is 1. The summed E-state index contributed by atoms with van der Waals surface area (Å²) in [6.45, 7) is 3.16. The molecule has 1 aromatic rings. The van der Waals surface area contributed by atoms with Gasteiger partial charge in [-0.15, -0.1) is 0 Å². The Balaban J connectivity index is 1.55. The molecular weight excluding hydrogens is 228 g/mol. The Morgan fingerprint density at radius 1 is 1.22 bits per heavy atom. The topological polar surface area (TPSA) is 32.8 Å². The van der Waals surface area contributed by atoms with Crippen molar-refractivity contribution in [3.63, 3.8) is 0 Å². The molecule has 1 amide bonds. The highest BCUT2D eigenvalue weighted by Crippen LogP contribution is 2.27. The maximum atomic E-state index is 12.0. The first-order valence-electron chi connectivity index (χ1n) is 6.56. The molecule has 0 radical (unpaired) electrons. The SMILES string of the molecule is O=C(OCc1ccccc1)N1CCC2CCN1C2. The Morgan fingerprint density at radius 2 is 2.00 bits per heavy atom. The van der Waals surface area contributed by atoms with Crippen molar-refractivity contribution in [2.75, 3.05) is 19.6 Å². The summed E-state index contributed by atoms with van der Waals surface area (Å²) in [5.74, 6) is 0.781. The molecule has 4 heteroatoms. The molecule has 96 valence electrons. The van der Waals surface area contributed by atoms with E-state index in [-0.39, 0.29) is 6.09 Å². The Morgan fingerprint density at radius 3 is 2.83 bits per heavy atom. The summed E-state index contributed by atoms with van der Waals surface area (Å²) in [6.07, 6.45) is 2.11. The molecule has 2 aliphatic rings. The number of benzene rings is 1. The summed E-state index contributed by atoms with van der Waals surface area (Å²) in [7, 11) is 0. The number of hydrogen-bond donors (Lipinski definition) is 0. The maximum absolute atomic E-state index is 12.0. The van der Waals surface area contributed by atoms with Gasteiger partial charge in [0.2, 0.25) is 0 Å². The van der Waals surface area contributed by atoms with E-state index in [9.17, 15) is 4.79 Å². The largest absolute Gasteiger partial charge is 0.444 e. The second-order valence-electron chi connectivity index (χ2n) is 5.02. The van der Waals surface area contributed by atoms with Gasteiger partial charge in [0.15, 0.2) is 0 Å². The van der Waals surface area contributed by atoms with E-state index in [1.807, 2.05) is 30.3 Å². The molecule has 0 N–H and O–H groups in total. The molecule has 0 spiro atoms. The van der Waals surface area contributed by atoms with E-state index in [0.717, 1.165) is 37.5 Å². The molecule has 2 fully saturated rings. The standard InChI is InChI=1S/C14H18N2O2/c17-14(18-11-13-4-2-1-3-5-13)16-9-7-12-6-8-15(16)10-12/h1-5,12H,6-11H2. The van der Waals surface area contributed by atoms with E-state index in [1.54, 1.807) is 5.01 Å². The van der Waals surface area contributed by atoms with Crippen LogP contribution in [0, 0.1) is 5.92 Å². The summed E-state index contributed by atoms with van der Waals surface area (Å²) < 4.78 is 5.36. The van der Waals surface area contributed by atoms with Gasteiger partial charge < -0.3 is 4.74 Å². The lowest BCUT2D eigenvalue weighted by Gasteiger charge is -2.34. The number of amides is 1. The van der Waals surface area contributed by atoms with Crippen molar-refractivity contribution in [2.45, 2.75) is 19.4 Å². The van der Waals surface area contributed by atoms with Crippen LogP contribution in [0.4, 0.5) is 4.79 Å². The van der Waals surface area contributed by atoms with Gasteiger partial charge in [0, 0.05) is 19.6 Å². The number of fused-ring (bicyclic) bond motifs is 2. The number of nitrogens with zero attached hydrogens (tertiary/aromatic N) is 2. The van der Waals surface area contributed by atoms with Crippen LogP contribution in [0.3, 0.4) is 0 Å². The molecule has 0 aromatic heterocycles. The Bertz CT molecular complexity index is 421. The Hall–Kier alpha value is -1.55. The highest BCUT2D eigenvalue weighted by atomic mass is 16.6. The first-order valence-corrected chi connectivity index (χ1v) is 6.56. The molecule has 4 nitrogen and oxygen atoms in total. The van der Waals surface area contributed by atoms with Crippen molar-refractivity contribution in [2.24, 2.45) is 5.92 Å². The molecule has 1 aromatic carbocycles. The van der Waals surface area contributed by atoms with Gasteiger partial charge in [-0.2, -0.15) is 0 Å². The number of carbonyl (C=O) groups is 1. The van der Waals surface area contributed by atoms with Gasteiger partial charge in [-0.3, -0.25) is 0 Å². The monoisotopic (exact) mass is 246 g/mol. The molecule has 2 heterocycles. The third kappa shape index (κ3) is 2.34. The molecule has 18 heavy (non-hydrogen) atoms. The minimum atomic E-state index is -0.209. The number of rotatable bonds is 2. The number of ether oxygens (including phenoxy) is 1. The van der Waals surface area contributed by atoms with Crippen LogP contribution in [0.2, 0.25) is 0 Å². The van der Waals surface area contributed by atoms with Crippen molar-refractivity contribution in [1.29, 1.82) is 0 Å². The van der Waals surface area contributed by atoms with Gasteiger partial charge >= 0.3 is 6.09 Å². The lowest BCUT2D eigenvalue weighted by Crippen LogP contribution is -2.48. The van der Waals surface area contributed by atoms with Gasteiger partial charge in [-0.05, 0) is 24.3 Å². The number of carbonyl (C=O) groups excluding carboxylic acids is 1. The molecule has 0 aliphatic carbocycles. The molecule has 0 saturated carbocycles. The van der Waals surface area contributed by atoms with E-state index < -0.39 is 0 Å². The summed E-state index contributed by atoms with van der Waals surface area (Å²) in [5.41, 5.74) is 1.03. The van der Waals surface area contributed by atoms with Crippen molar-refractivity contribution in [1.82, 2.24) is 10.0 Å². The second kappa shape index (κ2) is 4.98. The minimum absolute atomic E-state index is 0.209. The van der Waals surface area contributed by atoms with Crippen LogP contribution >= 0.6 is 0 Å². The third-order valence-electron chi connectivity index (χ3n) is 3.77. The fourth-order valence-corrected chi connectivity index (χ4v) is 2.71. The second-order valence-corrected chi connectivity index (χ2v) is 5.02. The fraction of sp³-hybridized carbons (Fsp3) is 0.500. The fourth-order valence-electron chi connectivity index (χ4n) is 2.71. The molecule has 2 bridgehead atoms. The van der Waals surface area contributed by atoms with Crippen LogP contribution in [0.25, 0.3) is 0 Å². The van der Waals surface area contributed by atoms with Gasteiger partial charge in [0.1, 0.15) is 6.61 Å². The van der Waals surface area contributed by atoms with Crippen LogP contribution in [0.1, 0.15) is 18.4 Å². The average Bonchev–Trinajstić information content (AvgIpc) is 2.79. The van der Waals surface area contributed by atoms with Gasteiger partial charge in [-0.1, -0.05) is 30.3 Å². The normalized spacial score (nSPS) is 26.1. The molecule has 2 unspecified atom stereocenters. The third-order valence-corrected chi connectivity index (χ3v) is 3.77. The summed E-state index contributed by atoms with van der Waals surface area (Å²) >= 11 is 0. The van der Waals surface area contributed by atoms with Gasteiger partial charge in [0.05, 0.1) is 0 Å². The van der Waals surface area contributed by atoms with E-state index in [1.165, 1.54) is 6.42 Å². The first kappa shape index (κ1) is 11.5. The highest BCUT2D eigenvalue weighted by Gasteiger charge is 2.35. The van der Waals surface area contributed by atoms with E-state index in [4.69, 9.17) is 4.74 Å². The average molecular weight is 246 g/mol. The number of hydrogen-bond acceptors (Lipinski definition) is 3. The van der Waals surface area contributed by atoms with Crippen LogP contribution in [0.15, 0.2) is 30.3 Å². The van der Waals surface area contributed by atoms with Crippen LogP contribution in [-0.2, 0) is 11.3 Å². The van der Waals surface area contributed by atoms with Crippen molar-refractivity contribution in [3.05, 3.63) is 35.9 Å². The Labute approximate surface area is 107 Å². The lowest BCUT2D eigenvalue weighted by molar-refractivity contribution is -0.0283. The zero-order valence-electron chi connectivity index (χ0n) is 10.4. The molecular formula is C14H18N2O2. The quantitative estimate of drug-likeness (QED) is 0.802.